The second-order valence-electron chi connectivity index (χ2n) is 8.04. The number of hydrogen-bond donors (Lipinski definition) is 1. The molecule has 2 heterocycles. The number of hydrogen-bond acceptors (Lipinski definition) is 6. The molecule has 9 nitrogen and oxygen atoms in total. The standard InChI is InChI=1S/C24H27N7O2/c1-6-23-26-28-29-31(23)20-11-19(18-9-7-15(2)8-10-18)12-21(13-20)33-24(32)25-16(3)22-14-30(5)27-17(22)4/h7-14,16H,6H2,1-5H3,(H,25,32). The van der Waals surface area contributed by atoms with Crippen LogP contribution >= 0.6 is 0 Å². The molecule has 0 aliphatic rings. The van der Waals surface area contributed by atoms with Gasteiger partial charge < -0.3 is 10.1 Å². The zero-order valence-corrected chi connectivity index (χ0v) is 19.4. The maximum absolute atomic E-state index is 12.7. The first-order valence-corrected chi connectivity index (χ1v) is 10.8. The third-order valence-electron chi connectivity index (χ3n) is 5.43. The van der Waals surface area contributed by atoms with Crippen molar-refractivity contribution in [2.75, 3.05) is 0 Å². The average Bonchev–Trinajstić information content (AvgIpc) is 3.39. The third-order valence-corrected chi connectivity index (χ3v) is 5.43. The zero-order chi connectivity index (χ0) is 23.5. The Morgan fingerprint density at radius 3 is 2.55 bits per heavy atom. The number of carbonyl (C=O) groups is 1. The van der Waals surface area contributed by atoms with Crippen LogP contribution in [0.5, 0.6) is 5.75 Å². The van der Waals surface area contributed by atoms with Crippen molar-refractivity contribution in [3.05, 3.63) is 71.3 Å². The quantitative estimate of drug-likeness (QED) is 0.480. The minimum absolute atomic E-state index is 0.253. The number of nitrogens with zero attached hydrogens (tertiary/aromatic N) is 6. The molecule has 1 amide bonds. The maximum atomic E-state index is 12.7. The van der Waals surface area contributed by atoms with E-state index in [1.54, 1.807) is 15.4 Å². The van der Waals surface area contributed by atoms with E-state index in [0.29, 0.717) is 23.7 Å². The zero-order valence-electron chi connectivity index (χ0n) is 19.4. The Labute approximate surface area is 192 Å². The number of aromatic nitrogens is 6. The summed E-state index contributed by atoms with van der Waals surface area (Å²) in [5.74, 6) is 1.11. The molecule has 33 heavy (non-hydrogen) atoms. The molecular formula is C24H27N7O2. The van der Waals surface area contributed by atoms with Crippen LogP contribution in [0.4, 0.5) is 4.79 Å². The van der Waals surface area contributed by atoms with E-state index >= 15 is 0 Å². The van der Waals surface area contributed by atoms with Gasteiger partial charge in [0.1, 0.15) is 5.75 Å². The molecule has 0 spiro atoms. The van der Waals surface area contributed by atoms with Crippen LogP contribution in [-0.2, 0) is 13.5 Å². The van der Waals surface area contributed by atoms with Crippen molar-refractivity contribution in [3.8, 4) is 22.6 Å². The molecule has 0 aliphatic carbocycles. The van der Waals surface area contributed by atoms with Crippen LogP contribution in [-0.4, -0.2) is 36.1 Å². The highest BCUT2D eigenvalue weighted by atomic mass is 16.6. The molecule has 2 aromatic heterocycles. The van der Waals surface area contributed by atoms with Gasteiger partial charge in [0.25, 0.3) is 0 Å². The van der Waals surface area contributed by atoms with Gasteiger partial charge in [-0.1, -0.05) is 36.8 Å². The molecular weight excluding hydrogens is 418 g/mol. The minimum Gasteiger partial charge on any atom is -0.410 e. The van der Waals surface area contributed by atoms with Gasteiger partial charge in [0.15, 0.2) is 5.82 Å². The molecule has 1 N–H and O–H groups in total. The fourth-order valence-electron chi connectivity index (χ4n) is 3.74. The van der Waals surface area contributed by atoms with E-state index < -0.39 is 6.09 Å². The molecule has 1 atom stereocenters. The summed E-state index contributed by atoms with van der Waals surface area (Å²) in [7, 11) is 1.85. The van der Waals surface area contributed by atoms with Crippen LogP contribution in [0.2, 0.25) is 0 Å². The van der Waals surface area contributed by atoms with Crippen LogP contribution in [0.3, 0.4) is 0 Å². The van der Waals surface area contributed by atoms with Crippen molar-refractivity contribution >= 4 is 6.09 Å². The van der Waals surface area contributed by atoms with Gasteiger partial charge in [-0.25, -0.2) is 4.79 Å². The van der Waals surface area contributed by atoms with E-state index in [1.807, 2.05) is 77.3 Å². The number of ether oxygens (including phenoxy) is 1. The van der Waals surface area contributed by atoms with Gasteiger partial charge in [0.2, 0.25) is 0 Å². The average molecular weight is 446 g/mol. The number of carbonyl (C=O) groups excluding carboxylic acids is 1. The summed E-state index contributed by atoms with van der Waals surface area (Å²) in [6.07, 6.45) is 2.01. The summed E-state index contributed by atoms with van der Waals surface area (Å²) in [5.41, 5.74) is 5.57. The molecule has 0 bridgehead atoms. The molecule has 0 saturated carbocycles. The van der Waals surface area contributed by atoms with Gasteiger partial charge >= 0.3 is 6.09 Å². The van der Waals surface area contributed by atoms with E-state index in [1.165, 1.54) is 5.56 Å². The molecule has 1 unspecified atom stereocenters. The number of aryl methyl sites for hydroxylation is 4. The highest BCUT2D eigenvalue weighted by Crippen LogP contribution is 2.29. The fraction of sp³-hybridized carbons (Fsp3) is 0.292. The van der Waals surface area contributed by atoms with E-state index in [-0.39, 0.29) is 6.04 Å². The fourth-order valence-corrected chi connectivity index (χ4v) is 3.74. The normalized spacial score (nSPS) is 11.9. The lowest BCUT2D eigenvalue weighted by atomic mass is 10.0. The van der Waals surface area contributed by atoms with Crippen molar-refractivity contribution in [3.63, 3.8) is 0 Å². The molecule has 170 valence electrons. The number of nitrogens with one attached hydrogen (secondary N) is 1. The predicted molar refractivity (Wildman–Crippen MR) is 124 cm³/mol. The number of amides is 1. The van der Waals surface area contributed by atoms with E-state index in [0.717, 1.165) is 22.4 Å². The van der Waals surface area contributed by atoms with Gasteiger partial charge in [-0.15, -0.1) is 5.10 Å². The van der Waals surface area contributed by atoms with Crippen molar-refractivity contribution in [1.29, 1.82) is 0 Å². The summed E-state index contributed by atoms with van der Waals surface area (Å²) in [6, 6.07) is 13.5. The Morgan fingerprint density at radius 1 is 1.12 bits per heavy atom. The maximum Gasteiger partial charge on any atom is 0.413 e. The second kappa shape index (κ2) is 9.23. The number of rotatable bonds is 6. The molecule has 4 aromatic rings. The monoisotopic (exact) mass is 445 g/mol. The molecule has 2 aromatic carbocycles. The van der Waals surface area contributed by atoms with Crippen molar-refractivity contribution in [1.82, 2.24) is 35.3 Å². The highest BCUT2D eigenvalue weighted by Gasteiger charge is 2.17. The van der Waals surface area contributed by atoms with Gasteiger partial charge in [0, 0.05) is 31.3 Å². The van der Waals surface area contributed by atoms with Gasteiger partial charge in [-0.05, 0) is 54.5 Å². The van der Waals surface area contributed by atoms with Gasteiger partial charge in [-0.2, -0.15) is 9.78 Å². The summed E-state index contributed by atoms with van der Waals surface area (Å²) in [5, 5.41) is 19.2. The molecule has 0 radical (unpaired) electrons. The lowest BCUT2D eigenvalue weighted by Gasteiger charge is -2.15. The molecule has 9 heteroatoms. The molecule has 0 fully saturated rings. The smallest absolute Gasteiger partial charge is 0.410 e. The SMILES string of the molecule is CCc1nnnn1-c1cc(OC(=O)NC(C)c2cn(C)nc2C)cc(-c2ccc(C)cc2)c1. The first kappa shape index (κ1) is 22.2. The van der Waals surface area contributed by atoms with E-state index in [4.69, 9.17) is 4.74 Å². The van der Waals surface area contributed by atoms with E-state index in [2.05, 4.69) is 25.9 Å². The Hall–Kier alpha value is -4.01. The largest absolute Gasteiger partial charge is 0.413 e. The predicted octanol–water partition coefficient (Wildman–Crippen LogP) is 4.09. The Morgan fingerprint density at radius 2 is 1.88 bits per heavy atom. The number of tetrazole rings is 1. The van der Waals surface area contributed by atoms with Gasteiger partial charge in [-0.3, -0.25) is 4.68 Å². The second-order valence-corrected chi connectivity index (χ2v) is 8.04. The summed E-state index contributed by atoms with van der Waals surface area (Å²) in [4.78, 5) is 12.7. The van der Waals surface area contributed by atoms with Crippen LogP contribution in [0, 0.1) is 13.8 Å². The lowest BCUT2D eigenvalue weighted by molar-refractivity contribution is 0.197. The molecule has 4 rings (SSSR count). The van der Waals surface area contributed by atoms with E-state index in [9.17, 15) is 4.79 Å². The third kappa shape index (κ3) is 4.92. The van der Waals surface area contributed by atoms with Crippen molar-refractivity contribution < 1.29 is 9.53 Å². The van der Waals surface area contributed by atoms with Crippen LogP contribution in [0.25, 0.3) is 16.8 Å². The topological polar surface area (TPSA) is 99.8 Å². The molecule has 0 saturated heterocycles. The highest BCUT2D eigenvalue weighted by molar-refractivity contribution is 5.74. The van der Waals surface area contributed by atoms with Crippen LogP contribution in [0.1, 0.15) is 42.5 Å². The summed E-state index contributed by atoms with van der Waals surface area (Å²) in [6.45, 7) is 7.83. The summed E-state index contributed by atoms with van der Waals surface area (Å²) < 4.78 is 9.07. The van der Waals surface area contributed by atoms with Crippen molar-refractivity contribution in [2.45, 2.75) is 40.2 Å². The van der Waals surface area contributed by atoms with Crippen molar-refractivity contribution in [2.24, 2.45) is 7.05 Å². The first-order chi connectivity index (χ1) is 15.8. The van der Waals surface area contributed by atoms with Crippen LogP contribution in [0.15, 0.2) is 48.7 Å². The molecule has 0 aliphatic heterocycles. The van der Waals surface area contributed by atoms with Crippen LogP contribution < -0.4 is 10.1 Å². The first-order valence-electron chi connectivity index (χ1n) is 10.8. The number of benzene rings is 2. The Balaban J connectivity index is 1.64. The Kier molecular flexibility index (Phi) is 6.21. The Bertz CT molecular complexity index is 1270. The lowest BCUT2D eigenvalue weighted by Crippen LogP contribution is -2.29. The minimum atomic E-state index is -0.551. The van der Waals surface area contributed by atoms with Gasteiger partial charge in [0.05, 0.1) is 17.4 Å². The summed E-state index contributed by atoms with van der Waals surface area (Å²) >= 11 is 0.